The Hall–Kier alpha value is -6.27. The van der Waals surface area contributed by atoms with Gasteiger partial charge >= 0.3 is 0 Å². The molecule has 0 spiro atoms. The molecule has 13 aromatic rings. The van der Waals surface area contributed by atoms with Crippen molar-refractivity contribution < 1.29 is 4.42 Å². The Labute approximate surface area is 517 Å². The van der Waals surface area contributed by atoms with Crippen LogP contribution in [0.5, 0.6) is 0 Å². The minimum atomic E-state index is 0.682. The monoisotopic (exact) mass is 1050 g/mol. The molecule has 0 fully saturated rings. The van der Waals surface area contributed by atoms with Gasteiger partial charge < -0.3 is 13.6 Å². The molecule has 13 rings (SSSR count). The van der Waals surface area contributed by atoms with Gasteiger partial charge in [0.2, 0.25) is 0 Å². The van der Waals surface area contributed by atoms with Gasteiger partial charge in [-0.15, -0.1) is 27.3 Å². The fourth-order valence-electron chi connectivity index (χ4n) is 16.0. The van der Waals surface area contributed by atoms with Crippen LogP contribution in [0.15, 0.2) is 35.0 Å². The van der Waals surface area contributed by atoms with Crippen molar-refractivity contribution in [2.24, 2.45) is 0 Å². The smallest absolute Gasteiger partial charge is 0.197 e. The molecule has 0 bridgehead atoms. The average Bonchev–Trinajstić information content (AvgIpc) is 1.57. The molecular weight excluding hydrogens is 992 g/mol. The summed E-state index contributed by atoms with van der Waals surface area (Å²) in [6.07, 6.45) is 1.77. The van der Waals surface area contributed by atoms with Crippen molar-refractivity contribution in [2.45, 2.75) is 0 Å². The summed E-state index contributed by atoms with van der Waals surface area (Å²) in [6.45, 7) is 0. The van der Waals surface area contributed by atoms with Crippen LogP contribution in [0, 0.1) is 0 Å². The summed E-state index contributed by atoms with van der Waals surface area (Å²) in [5.41, 5.74) is 49.3. The van der Waals surface area contributed by atoms with E-state index in [1.54, 1.807) is 6.33 Å². The molecule has 0 radical (unpaired) electrons. The summed E-state index contributed by atoms with van der Waals surface area (Å²) in [4.78, 5) is 10.5. The highest BCUT2D eigenvalue weighted by Crippen LogP contribution is 2.38. The van der Waals surface area contributed by atoms with Crippen LogP contribution < -0.4 is 142 Å². The maximum Gasteiger partial charge on any atom is 0.197 e. The lowest BCUT2D eigenvalue weighted by atomic mass is 9.61. The van der Waals surface area contributed by atoms with Crippen molar-refractivity contribution in [1.29, 1.82) is 0 Å². The minimum absolute atomic E-state index is 0.682. The van der Waals surface area contributed by atoms with Gasteiger partial charge in [-0.05, 0) is 56.9 Å². The molecule has 0 aliphatic carbocycles. The Morgan fingerprint density at radius 1 is 0.298 bits per heavy atom. The highest BCUT2D eigenvalue weighted by Gasteiger charge is 2.31. The van der Waals surface area contributed by atoms with Gasteiger partial charge in [-0.2, -0.15) is 0 Å². The van der Waals surface area contributed by atoms with E-state index in [9.17, 15) is 0 Å². The molecule has 6 nitrogen and oxygen atoms in total. The van der Waals surface area contributed by atoms with Crippen LogP contribution in [-0.4, -0.2) is 228 Å². The normalized spacial score (nSPS) is 12.1. The Kier molecular flexibility index (Phi) is 12.9. The second kappa shape index (κ2) is 19.1. The van der Waals surface area contributed by atoms with Crippen LogP contribution in [0.3, 0.4) is 0 Å². The Balaban J connectivity index is 1.14. The molecule has 0 amide bonds. The highest BCUT2D eigenvalue weighted by atomic mass is 16.3. The molecule has 8 aromatic carbocycles. The first-order valence-electron chi connectivity index (χ1n) is 30.4. The molecule has 0 atom stereocenters. The lowest BCUT2D eigenvalue weighted by molar-refractivity contribution is 0.662. The van der Waals surface area contributed by atoms with Crippen molar-refractivity contribution in [3.63, 3.8) is 0 Å². The molecule has 5 heterocycles. The molecule has 0 saturated heterocycles. The van der Waals surface area contributed by atoms with E-state index in [-0.39, 0.29) is 0 Å². The van der Waals surface area contributed by atoms with Crippen LogP contribution in [0.25, 0.3) is 116 Å². The van der Waals surface area contributed by atoms with E-state index in [1.807, 2.05) is 0 Å². The highest BCUT2D eigenvalue weighted by molar-refractivity contribution is 6.75. The van der Waals surface area contributed by atoms with E-state index < -0.39 is 0 Å². The largest absolute Gasteiger partial charge is 0.450 e. The molecular formula is C52H57B26N5O. The van der Waals surface area contributed by atoms with Crippen molar-refractivity contribution >= 4 is 434 Å². The van der Waals surface area contributed by atoms with Gasteiger partial charge in [0.1, 0.15) is 221 Å². The molecule has 0 unspecified atom stereocenters. The molecule has 374 valence electrons. The predicted molar refractivity (Wildman–Crippen MR) is 450 cm³/mol. The van der Waals surface area contributed by atoms with Gasteiger partial charge in [0.25, 0.3) is 0 Å². The quantitative estimate of drug-likeness (QED) is 0.165. The molecule has 32 heteroatoms. The van der Waals surface area contributed by atoms with Crippen LogP contribution >= 0.6 is 0 Å². The maximum absolute atomic E-state index is 7.22. The van der Waals surface area contributed by atoms with Crippen molar-refractivity contribution in [1.82, 2.24) is 23.7 Å². The van der Waals surface area contributed by atoms with E-state index in [1.165, 1.54) is 219 Å². The van der Waals surface area contributed by atoms with Crippen molar-refractivity contribution in [2.75, 3.05) is 0 Å². The van der Waals surface area contributed by atoms with E-state index in [2.05, 4.69) is 242 Å². The summed E-state index contributed by atoms with van der Waals surface area (Å²) in [5, 5.41) is 8.89. The molecule has 84 heavy (non-hydrogen) atoms. The lowest BCUT2D eigenvalue weighted by Gasteiger charge is -2.25. The van der Waals surface area contributed by atoms with Crippen LogP contribution in [-0.2, 0) is 0 Å². The third-order valence-corrected chi connectivity index (χ3v) is 23.0. The first-order chi connectivity index (χ1) is 39.6. The third-order valence-electron chi connectivity index (χ3n) is 23.0. The summed E-state index contributed by atoms with van der Waals surface area (Å²) in [5.74, 6) is 0.755. The van der Waals surface area contributed by atoms with Crippen molar-refractivity contribution in [3.05, 3.63) is 30.6 Å². The molecule has 0 N–H and O–H groups in total. The van der Waals surface area contributed by atoms with Gasteiger partial charge in [0.15, 0.2) is 11.4 Å². The van der Waals surface area contributed by atoms with Gasteiger partial charge in [-0.25, -0.2) is 9.97 Å². The molecule has 5 aromatic heterocycles. The number of fused-ring (bicyclic) bond motifs is 12. The first kappa shape index (κ1) is 56.8. The van der Waals surface area contributed by atoms with E-state index >= 15 is 0 Å². The lowest BCUT2D eigenvalue weighted by Crippen LogP contribution is -2.56. The second-order valence-electron chi connectivity index (χ2n) is 26.1. The van der Waals surface area contributed by atoms with Crippen LogP contribution in [0.1, 0.15) is 0 Å². The zero-order valence-corrected chi connectivity index (χ0v) is 55.0. The van der Waals surface area contributed by atoms with Gasteiger partial charge in [0, 0.05) is 60.6 Å². The van der Waals surface area contributed by atoms with E-state index in [0.717, 1.165) is 33.5 Å². The second-order valence-corrected chi connectivity index (χ2v) is 26.1. The predicted octanol–water partition coefficient (Wildman–Crippen LogP) is -31.9. The van der Waals surface area contributed by atoms with E-state index in [0.29, 0.717) is 5.58 Å². The first-order valence-corrected chi connectivity index (χ1v) is 30.4. The summed E-state index contributed by atoms with van der Waals surface area (Å²) in [6, 6.07) is 9.31. The van der Waals surface area contributed by atoms with Gasteiger partial charge in [-0.3, -0.25) is 4.57 Å². The molecule has 0 aliphatic rings. The molecule has 0 saturated carbocycles. The zero-order valence-electron chi connectivity index (χ0n) is 55.0. The average molecular weight is 1050 g/mol. The van der Waals surface area contributed by atoms with E-state index in [4.69, 9.17) is 14.4 Å². The fourth-order valence-corrected chi connectivity index (χ4v) is 16.0. The topological polar surface area (TPSA) is 53.7 Å². The van der Waals surface area contributed by atoms with Gasteiger partial charge in [0.05, 0.1) is 0 Å². The number of furan rings is 1. The number of rotatable bonds is 4. The SMILES string of the molecule is Bc1c(B)c(B)c(-n2c3c(B)c(B)c(-c4c(B)c(B)c5c6c(B)c(B)c(B)c(B)c6n(-c6ncnc7c6oc6ccc(-n8c9c(B)c(B)c(B)c(B)c9c9c(B)c(B)c(B)c(B)c98)cc67)c5c4B)cc3c3c(B)c(B)c(B)c(B)c32)c(B)c1B. The number of hydrogen-bond donors (Lipinski definition) is 0. The number of nitrogens with zero attached hydrogens (tertiary/aromatic N) is 5. The van der Waals surface area contributed by atoms with Crippen LogP contribution in [0.4, 0.5) is 0 Å². The Bertz CT molecular complexity index is 5250. The Morgan fingerprint density at radius 3 is 1.17 bits per heavy atom. The summed E-state index contributed by atoms with van der Waals surface area (Å²) >= 11 is 0. The van der Waals surface area contributed by atoms with Gasteiger partial charge in [-0.1, -0.05) is 115 Å². The standard InChI is InChI=1S/C52H57B26N5O/c53-17-8(4-9-12-19(55)25(61)30(66)37(73)45(12)82(44(9)36(17)72)50-41(77)34(70)29(65)35(71)42(50)78)11-18(54)20(56)13-16-23(59)28(64)33(69)40(76)49(16)83(46(13)24(11)60)52-51-43(79-5-80-52)7-3-6(1-2-10(7)84-51)81-47-14(21(57)26(62)31(67)38(47)74)15-22(58)27(63)32(68)39(75)48(15)81/h1-5H,53-78H2. The Morgan fingerprint density at radius 2 is 0.679 bits per heavy atom. The number of aromatic nitrogens is 5. The summed E-state index contributed by atoms with van der Waals surface area (Å²) < 4.78 is 14.9. The zero-order chi connectivity index (χ0) is 60.5. The number of hydrogen-bond acceptors (Lipinski definition) is 3. The third kappa shape index (κ3) is 7.06. The van der Waals surface area contributed by atoms with Crippen molar-refractivity contribution in [3.8, 4) is 28.3 Å². The minimum Gasteiger partial charge on any atom is -0.450 e. The molecule has 0 aliphatic heterocycles. The fraction of sp³-hybridized carbons (Fsp3) is 0. The summed E-state index contributed by atoms with van der Waals surface area (Å²) in [7, 11) is 60.4. The van der Waals surface area contributed by atoms with Crippen LogP contribution in [0.2, 0.25) is 0 Å². The number of benzene rings is 8. The maximum atomic E-state index is 7.22.